The monoisotopic (exact) mass is 377 g/mol. The van der Waals surface area contributed by atoms with Crippen LogP contribution in [0.25, 0.3) is 0 Å². The fourth-order valence-corrected chi connectivity index (χ4v) is 4.42. The zero-order valence-electron chi connectivity index (χ0n) is 15.1. The number of rotatable bonds is 7. The first-order chi connectivity index (χ1) is 12.3. The van der Waals surface area contributed by atoms with E-state index in [0.717, 1.165) is 17.5 Å². The summed E-state index contributed by atoms with van der Waals surface area (Å²) in [6.45, 7) is 5.31. The highest BCUT2D eigenvalue weighted by Gasteiger charge is 2.37. The molecule has 6 heteroatoms. The molecule has 2 aromatic rings. The Morgan fingerprint density at radius 1 is 1.04 bits per heavy atom. The van der Waals surface area contributed by atoms with Gasteiger partial charge in [-0.2, -0.15) is 4.31 Å². The van der Waals surface area contributed by atoms with E-state index < -0.39 is 10.0 Å². The molecule has 0 radical (unpaired) electrons. The van der Waals surface area contributed by atoms with E-state index in [2.05, 4.69) is 13.8 Å². The molecule has 0 spiro atoms. The topological polar surface area (TPSA) is 46.6 Å². The summed E-state index contributed by atoms with van der Waals surface area (Å²) in [6.07, 6.45) is 0.804. The van der Waals surface area contributed by atoms with E-state index in [4.69, 9.17) is 4.74 Å². The molecule has 0 atom stereocenters. The van der Waals surface area contributed by atoms with Crippen molar-refractivity contribution in [1.82, 2.24) is 4.31 Å². The lowest BCUT2D eigenvalue weighted by molar-refractivity contribution is -0.0295. The number of ether oxygens (including phenoxy) is 1. The quantitative estimate of drug-likeness (QED) is 0.740. The van der Waals surface area contributed by atoms with Gasteiger partial charge in [0.1, 0.15) is 5.82 Å². The zero-order valence-corrected chi connectivity index (χ0v) is 15.9. The van der Waals surface area contributed by atoms with Gasteiger partial charge in [-0.15, -0.1) is 0 Å². The summed E-state index contributed by atoms with van der Waals surface area (Å²) in [7, 11) is -3.47. The smallest absolute Gasteiger partial charge is 0.243 e. The molecule has 140 valence electrons. The molecular formula is C20H24FNO3S. The Hall–Kier alpha value is -1.76. The number of sulfonamides is 1. The largest absolute Gasteiger partial charge is 0.371 e. The third kappa shape index (κ3) is 4.50. The molecule has 0 bridgehead atoms. The van der Waals surface area contributed by atoms with Crippen molar-refractivity contribution in [2.24, 2.45) is 5.92 Å². The van der Waals surface area contributed by atoms with Gasteiger partial charge in [-0.05, 0) is 47.7 Å². The third-order valence-electron chi connectivity index (χ3n) is 4.42. The molecule has 1 aliphatic heterocycles. The van der Waals surface area contributed by atoms with Gasteiger partial charge in [0.15, 0.2) is 0 Å². The van der Waals surface area contributed by atoms with Crippen LogP contribution in [0.4, 0.5) is 4.39 Å². The van der Waals surface area contributed by atoms with Gasteiger partial charge in [-0.3, -0.25) is 0 Å². The highest BCUT2D eigenvalue weighted by atomic mass is 32.2. The molecule has 0 saturated carbocycles. The first kappa shape index (κ1) is 19.0. The predicted molar refractivity (Wildman–Crippen MR) is 98.7 cm³/mol. The van der Waals surface area contributed by atoms with Crippen molar-refractivity contribution < 1.29 is 17.5 Å². The number of benzene rings is 2. The van der Waals surface area contributed by atoms with Crippen LogP contribution in [0.1, 0.15) is 25.0 Å². The summed E-state index contributed by atoms with van der Waals surface area (Å²) in [6, 6.07) is 13.2. The van der Waals surface area contributed by atoms with E-state index in [-0.39, 0.29) is 11.9 Å². The minimum atomic E-state index is -3.47. The van der Waals surface area contributed by atoms with Crippen molar-refractivity contribution in [1.29, 1.82) is 0 Å². The van der Waals surface area contributed by atoms with Crippen LogP contribution in [-0.2, 0) is 27.8 Å². The minimum Gasteiger partial charge on any atom is -0.371 e. The molecule has 0 aliphatic carbocycles. The van der Waals surface area contributed by atoms with Crippen molar-refractivity contribution >= 4 is 10.0 Å². The van der Waals surface area contributed by atoms with Gasteiger partial charge in [0.25, 0.3) is 0 Å². The summed E-state index contributed by atoms with van der Waals surface area (Å²) in [4.78, 5) is 0.321. The zero-order chi connectivity index (χ0) is 18.7. The number of halogens is 1. The van der Waals surface area contributed by atoms with Gasteiger partial charge in [-0.25, -0.2) is 12.8 Å². The highest BCUT2D eigenvalue weighted by molar-refractivity contribution is 7.89. The fraction of sp³-hybridized carbons (Fsp3) is 0.400. The molecular weight excluding hydrogens is 353 g/mol. The van der Waals surface area contributed by atoms with Crippen molar-refractivity contribution in [3.8, 4) is 0 Å². The average molecular weight is 377 g/mol. The van der Waals surface area contributed by atoms with Crippen molar-refractivity contribution in [2.45, 2.75) is 37.9 Å². The summed E-state index contributed by atoms with van der Waals surface area (Å²) < 4.78 is 45.3. The molecule has 1 heterocycles. The van der Waals surface area contributed by atoms with E-state index in [0.29, 0.717) is 30.5 Å². The Labute approximate surface area is 154 Å². The maximum absolute atomic E-state index is 12.9. The maximum Gasteiger partial charge on any atom is 0.243 e. The summed E-state index contributed by atoms with van der Waals surface area (Å²) in [5.41, 5.74) is 2.01. The van der Waals surface area contributed by atoms with Crippen molar-refractivity contribution in [2.75, 3.05) is 13.1 Å². The van der Waals surface area contributed by atoms with Crippen LogP contribution < -0.4 is 0 Å². The van der Waals surface area contributed by atoms with Crippen LogP contribution >= 0.6 is 0 Å². The van der Waals surface area contributed by atoms with Gasteiger partial charge in [0, 0.05) is 13.1 Å². The molecule has 2 aromatic carbocycles. The molecule has 4 nitrogen and oxygen atoms in total. The van der Waals surface area contributed by atoms with Crippen molar-refractivity contribution in [3.63, 3.8) is 0 Å². The standard InChI is InChI=1S/C20H24FNO3S/c1-15(2)11-16-5-9-20(10-6-16)26(23,24)22-12-19(13-22)25-14-17-3-7-18(21)8-4-17/h3-10,15,19H,11-14H2,1-2H3. The van der Waals surface area contributed by atoms with E-state index in [9.17, 15) is 12.8 Å². The Morgan fingerprint density at radius 3 is 2.19 bits per heavy atom. The molecule has 0 aromatic heterocycles. The van der Waals surface area contributed by atoms with E-state index in [1.54, 1.807) is 24.3 Å². The second kappa shape index (κ2) is 7.86. The Bertz CT molecular complexity index is 826. The first-order valence-electron chi connectivity index (χ1n) is 8.80. The summed E-state index contributed by atoms with van der Waals surface area (Å²) >= 11 is 0. The second-order valence-corrected chi connectivity index (χ2v) is 9.06. The number of nitrogens with zero attached hydrogens (tertiary/aromatic N) is 1. The molecule has 26 heavy (non-hydrogen) atoms. The molecule has 1 aliphatic rings. The highest BCUT2D eigenvalue weighted by Crippen LogP contribution is 2.24. The van der Waals surface area contributed by atoms with Crippen LogP contribution in [-0.4, -0.2) is 31.9 Å². The Kier molecular flexibility index (Phi) is 5.75. The van der Waals surface area contributed by atoms with Gasteiger partial charge < -0.3 is 4.74 Å². The van der Waals surface area contributed by atoms with E-state index >= 15 is 0 Å². The van der Waals surface area contributed by atoms with Crippen molar-refractivity contribution in [3.05, 3.63) is 65.5 Å². The summed E-state index contributed by atoms with van der Waals surface area (Å²) in [5.74, 6) is 0.251. The predicted octanol–water partition coefficient (Wildman–Crippen LogP) is 3.61. The maximum atomic E-state index is 12.9. The lowest BCUT2D eigenvalue weighted by Crippen LogP contribution is -2.54. The van der Waals surface area contributed by atoms with E-state index in [1.807, 2.05) is 12.1 Å². The second-order valence-electron chi connectivity index (χ2n) is 7.12. The SMILES string of the molecule is CC(C)Cc1ccc(S(=O)(=O)N2CC(OCc3ccc(F)cc3)C2)cc1. The van der Waals surface area contributed by atoms with Crippen LogP contribution in [0.3, 0.4) is 0 Å². The number of hydrogen-bond donors (Lipinski definition) is 0. The van der Waals surface area contributed by atoms with Crippen LogP contribution in [0.15, 0.2) is 53.4 Å². The van der Waals surface area contributed by atoms with Gasteiger partial charge >= 0.3 is 0 Å². The molecule has 1 fully saturated rings. The normalized spacial score (nSPS) is 16.0. The molecule has 0 unspecified atom stereocenters. The molecule has 0 amide bonds. The van der Waals surface area contributed by atoms with Gasteiger partial charge in [-0.1, -0.05) is 38.1 Å². The molecule has 0 N–H and O–H groups in total. The summed E-state index contributed by atoms with van der Waals surface area (Å²) in [5, 5.41) is 0. The molecule has 1 saturated heterocycles. The fourth-order valence-electron chi connectivity index (χ4n) is 2.92. The van der Waals surface area contributed by atoms with Gasteiger partial charge in [0.2, 0.25) is 10.0 Å². The minimum absolute atomic E-state index is 0.130. The van der Waals surface area contributed by atoms with Gasteiger partial charge in [0.05, 0.1) is 17.6 Å². The molecule has 3 rings (SSSR count). The number of hydrogen-bond acceptors (Lipinski definition) is 3. The lowest BCUT2D eigenvalue weighted by Gasteiger charge is -2.37. The van der Waals surface area contributed by atoms with Crippen LogP contribution in [0, 0.1) is 11.7 Å². The lowest BCUT2D eigenvalue weighted by atomic mass is 10.0. The Morgan fingerprint density at radius 2 is 1.62 bits per heavy atom. The third-order valence-corrected chi connectivity index (χ3v) is 6.26. The Balaban J connectivity index is 1.53. The van der Waals surface area contributed by atoms with Crippen LogP contribution in [0.5, 0.6) is 0 Å². The first-order valence-corrected chi connectivity index (χ1v) is 10.2. The van der Waals surface area contributed by atoms with Crippen LogP contribution in [0.2, 0.25) is 0 Å². The average Bonchev–Trinajstić information content (AvgIpc) is 2.55. The van der Waals surface area contributed by atoms with E-state index in [1.165, 1.54) is 16.4 Å².